The van der Waals surface area contributed by atoms with Gasteiger partial charge in [-0.25, -0.2) is 4.98 Å². The molecule has 0 aliphatic rings. The Labute approximate surface area is 155 Å². The van der Waals surface area contributed by atoms with Crippen LogP contribution in [0.25, 0.3) is 0 Å². The molecule has 0 unspecified atom stereocenters. The molecule has 2 aromatic carbocycles. The highest BCUT2D eigenvalue weighted by atomic mass is 35.5. The maximum atomic E-state index is 12.2. The van der Waals surface area contributed by atoms with Crippen molar-refractivity contribution < 1.29 is 4.79 Å². The topological polar surface area (TPSA) is 54.0 Å². The number of pyridine rings is 1. The van der Waals surface area contributed by atoms with Crippen molar-refractivity contribution in [3.8, 4) is 0 Å². The highest BCUT2D eigenvalue weighted by Gasteiger charge is 2.11. The van der Waals surface area contributed by atoms with Gasteiger partial charge in [-0.3, -0.25) is 4.79 Å². The smallest absolute Gasteiger partial charge is 0.258 e. The van der Waals surface area contributed by atoms with Crippen LogP contribution < -0.4 is 10.6 Å². The van der Waals surface area contributed by atoms with Gasteiger partial charge in [-0.05, 0) is 35.9 Å². The summed E-state index contributed by atoms with van der Waals surface area (Å²) in [5.74, 6) is -0.334. The summed E-state index contributed by atoms with van der Waals surface area (Å²) < 4.78 is 0. The number of carbonyl (C=O) groups is 1. The van der Waals surface area contributed by atoms with E-state index < -0.39 is 0 Å². The van der Waals surface area contributed by atoms with Gasteiger partial charge in [0, 0.05) is 18.4 Å². The summed E-state index contributed by atoms with van der Waals surface area (Å²) in [6, 6.07) is 18.6. The number of nitrogens with one attached hydrogen (secondary N) is 2. The minimum atomic E-state index is -0.334. The van der Waals surface area contributed by atoms with Gasteiger partial charge >= 0.3 is 0 Å². The largest absolute Gasteiger partial charge is 0.380 e. The lowest BCUT2D eigenvalue weighted by Gasteiger charge is -2.11. The van der Waals surface area contributed by atoms with E-state index in [0.717, 1.165) is 11.3 Å². The molecule has 6 heteroatoms. The number of carbonyl (C=O) groups excluding carboxylic acids is 1. The second-order valence-corrected chi connectivity index (χ2v) is 6.09. The predicted molar refractivity (Wildman–Crippen MR) is 102 cm³/mol. The van der Waals surface area contributed by atoms with Gasteiger partial charge in [-0.2, -0.15) is 0 Å². The summed E-state index contributed by atoms with van der Waals surface area (Å²) >= 11 is 12.2. The van der Waals surface area contributed by atoms with Crippen LogP contribution in [0.4, 0.5) is 11.4 Å². The molecule has 0 spiro atoms. The van der Waals surface area contributed by atoms with Crippen molar-refractivity contribution in [2.45, 2.75) is 6.54 Å². The normalized spacial score (nSPS) is 10.3. The molecule has 0 aliphatic heterocycles. The molecule has 25 heavy (non-hydrogen) atoms. The molecule has 3 rings (SSSR count). The lowest BCUT2D eigenvalue weighted by Crippen LogP contribution is -2.13. The van der Waals surface area contributed by atoms with Crippen LogP contribution in [0.15, 0.2) is 66.9 Å². The lowest BCUT2D eigenvalue weighted by atomic mass is 10.2. The number of halogens is 2. The average Bonchev–Trinajstić information content (AvgIpc) is 2.62. The van der Waals surface area contributed by atoms with Gasteiger partial charge in [0.05, 0.1) is 16.3 Å². The van der Waals surface area contributed by atoms with Crippen LogP contribution >= 0.6 is 23.2 Å². The van der Waals surface area contributed by atoms with Gasteiger partial charge in [-0.1, -0.05) is 53.5 Å². The molecule has 1 amide bonds. The second-order valence-electron chi connectivity index (χ2n) is 5.33. The Morgan fingerprint density at radius 3 is 2.52 bits per heavy atom. The first kappa shape index (κ1) is 17.3. The van der Waals surface area contributed by atoms with Crippen LogP contribution in [0.5, 0.6) is 0 Å². The number of nitrogens with zero attached hydrogens (tertiary/aromatic N) is 1. The fraction of sp³-hybridized carbons (Fsp3) is 0.0526. The van der Waals surface area contributed by atoms with Crippen LogP contribution in [-0.4, -0.2) is 10.9 Å². The summed E-state index contributed by atoms with van der Waals surface area (Å²) in [7, 11) is 0. The molecule has 0 fully saturated rings. The number of benzene rings is 2. The van der Waals surface area contributed by atoms with Crippen LogP contribution in [0.2, 0.25) is 10.2 Å². The first-order chi connectivity index (χ1) is 12.1. The van der Waals surface area contributed by atoms with Crippen LogP contribution in [0.3, 0.4) is 0 Å². The van der Waals surface area contributed by atoms with Crippen molar-refractivity contribution in [1.82, 2.24) is 4.98 Å². The molecule has 4 nitrogen and oxygen atoms in total. The van der Waals surface area contributed by atoms with Crippen molar-refractivity contribution in [2.75, 3.05) is 10.6 Å². The molecule has 0 atom stereocenters. The fourth-order valence-electron chi connectivity index (χ4n) is 2.28. The molecule has 0 radical (unpaired) electrons. The zero-order valence-corrected chi connectivity index (χ0v) is 14.7. The predicted octanol–water partition coefficient (Wildman–Crippen LogP) is 5.25. The number of amides is 1. The highest BCUT2D eigenvalue weighted by Crippen LogP contribution is 2.26. The summed E-state index contributed by atoms with van der Waals surface area (Å²) in [6.45, 7) is 0.664. The van der Waals surface area contributed by atoms with E-state index in [9.17, 15) is 4.79 Å². The van der Waals surface area contributed by atoms with Crippen molar-refractivity contribution >= 4 is 40.5 Å². The third-order valence-corrected chi connectivity index (χ3v) is 4.17. The zero-order chi connectivity index (χ0) is 17.6. The van der Waals surface area contributed by atoms with Gasteiger partial charge in [0.15, 0.2) is 0 Å². The first-order valence-electron chi connectivity index (χ1n) is 7.63. The minimum Gasteiger partial charge on any atom is -0.380 e. The van der Waals surface area contributed by atoms with E-state index in [0.29, 0.717) is 22.8 Å². The maximum absolute atomic E-state index is 12.2. The van der Waals surface area contributed by atoms with E-state index in [2.05, 4.69) is 15.6 Å². The molecule has 1 aromatic heterocycles. The van der Waals surface area contributed by atoms with E-state index in [-0.39, 0.29) is 11.1 Å². The van der Waals surface area contributed by atoms with E-state index in [1.54, 1.807) is 24.3 Å². The van der Waals surface area contributed by atoms with Crippen molar-refractivity contribution in [3.63, 3.8) is 0 Å². The van der Waals surface area contributed by atoms with Crippen LogP contribution in [0.1, 0.15) is 15.9 Å². The maximum Gasteiger partial charge on any atom is 0.258 e. The Morgan fingerprint density at radius 1 is 1.00 bits per heavy atom. The molecule has 0 aliphatic carbocycles. The van der Waals surface area contributed by atoms with Gasteiger partial charge < -0.3 is 10.6 Å². The summed E-state index contributed by atoms with van der Waals surface area (Å²) in [5.41, 5.74) is 2.84. The number of aromatic nitrogens is 1. The van der Waals surface area contributed by atoms with Gasteiger partial charge in [0.2, 0.25) is 0 Å². The highest BCUT2D eigenvalue weighted by molar-refractivity contribution is 6.34. The summed E-state index contributed by atoms with van der Waals surface area (Å²) in [5, 5.41) is 6.72. The van der Waals surface area contributed by atoms with Gasteiger partial charge in [-0.15, -0.1) is 0 Å². The first-order valence-corrected chi connectivity index (χ1v) is 8.38. The molecule has 0 bridgehead atoms. The Kier molecular flexibility index (Phi) is 5.53. The Morgan fingerprint density at radius 2 is 1.80 bits per heavy atom. The summed E-state index contributed by atoms with van der Waals surface area (Å²) in [6.07, 6.45) is 1.53. The van der Waals surface area contributed by atoms with Crippen LogP contribution in [0, 0.1) is 0 Å². The Bertz CT molecular complexity index is 885. The third kappa shape index (κ3) is 4.50. The Hall–Kier alpha value is -2.56. The molecule has 1 heterocycles. The average molecular weight is 372 g/mol. The van der Waals surface area contributed by atoms with Crippen molar-refractivity contribution in [2.24, 2.45) is 0 Å². The summed E-state index contributed by atoms with van der Waals surface area (Å²) in [4.78, 5) is 16.1. The van der Waals surface area contributed by atoms with E-state index in [4.69, 9.17) is 23.2 Å². The molecule has 126 valence electrons. The van der Waals surface area contributed by atoms with E-state index in [1.807, 2.05) is 36.4 Å². The van der Waals surface area contributed by atoms with Crippen molar-refractivity contribution in [3.05, 3.63) is 88.2 Å². The number of anilines is 2. The molecule has 3 aromatic rings. The molecule has 0 saturated heterocycles. The number of hydrogen-bond donors (Lipinski definition) is 2. The molecular formula is C19H15Cl2N3O. The molecule has 0 saturated carbocycles. The SMILES string of the molecule is O=C(Nc1ccc(NCc2ccccc2)c(Cl)c1)c1cccnc1Cl. The quantitative estimate of drug-likeness (QED) is 0.602. The lowest BCUT2D eigenvalue weighted by molar-refractivity contribution is 0.102. The molecular weight excluding hydrogens is 357 g/mol. The fourth-order valence-corrected chi connectivity index (χ4v) is 2.74. The number of hydrogen-bond acceptors (Lipinski definition) is 3. The van der Waals surface area contributed by atoms with Crippen LogP contribution in [-0.2, 0) is 6.54 Å². The van der Waals surface area contributed by atoms with Gasteiger partial charge in [0.1, 0.15) is 5.15 Å². The standard InChI is InChI=1S/C19H15Cl2N3O/c20-16-11-14(24-19(25)15-7-4-10-22-18(15)21)8-9-17(16)23-12-13-5-2-1-3-6-13/h1-11,23H,12H2,(H,24,25). The monoisotopic (exact) mass is 371 g/mol. The number of rotatable bonds is 5. The second kappa shape index (κ2) is 8.01. The third-order valence-electron chi connectivity index (χ3n) is 3.56. The Balaban J connectivity index is 1.67. The van der Waals surface area contributed by atoms with E-state index in [1.165, 1.54) is 6.20 Å². The van der Waals surface area contributed by atoms with Crippen molar-refractivity contribution in [1.29, 1.82) is 0 Å². The van der Waals surface area contributed by atoms with Gasteiger partial charge in [0.25, 0.3) is 5.91 Å². The molecule has 2 N–H and O–H groups in total. The minimum absolute atomic E-state index is 0.159. The van der Waals surface area contributed by atoms with E-state index >= 15 is 0 Å². The zero-order valence-electron chi connectivity index (χ0n) is 13.2.